The first-order valence-corrected chi connectivity index (χ1v) is 3.77. The number of hydrogen-bond donors (Lipinski definition) is 1. The van der Waals surface area contributed by atoms with Gasteiger partial charge in [0.05, 0.1) is 6.04 Å². The molecular formula is C7H13N3O2. The summed E-state index contributed by atoms with van der Waals surface area (Å²) < 4.78 is 9.89. The van der Waals surface area contributed by atoms with Crippen molar-refractivity contribution in [2.24, 2.45) is 5.73 Å². The zero-order valence-corrected chi connectivity index (χ0v) is 7.44. The third-order valence-electron chi connectivity index (χ3n) is 1.56. The summed E-state index contributed by atoms with van der Waals surface area (Å²) in [5, 5.41) is 3.72. The highest BCUT2D eigenvalue weighted by Gasteiger charge is 2.14. The number of methoxy groups -OCH3 is 1. The first-order chi connectivity index (χ1) is 5.65. The van der Waals surface area contributed by atoms with Crippen LogP contribution in [0.5, 0.6) is 0 Å². The smallest absolute Gasteiger partial charge is 0.243 e. The lowest BCUT2D eigenvalue weighted by Gasteiger charge is -2.01. The molecule has 68 valence electrons. The van der Waals surface area contributed by atoms with Crippen LogP contribution in [0.1, 0.15) is 37.7 Å². The van der Waals surface area contributed by atoms with Crippen LogP contribution in [0, 0.1) is 0 Å². The lowest BCUT2D eigenvalue weighted by Crippen LogP contribution is -2.06. The molecule has 0 aliphatic carbocycles. The maximum absolute atomic E-state index is 5.53. The molecule has 1 aromatic heterocycles. The molecule has 5 nitrogen and oxygen atoms in total. The number of aromatic nitrogens is 2. The molecule has 0 bridgehead atoms. The van der Waals surface area contributed by atoms with Gasteiger partial charge in [-0.15, -0.1) is 0 Å². The van der Waals surface area contributed by atoms with Crippen LogP contribution < -0.4 is 5.73 Å². The lowest BCUT2D eigenvalue weighted by molar-refractivity contribution is 0.109. The summed E-state index contributed by atoms with van der Waals surface area (Å²) in [6.45, 7) is 3.63. The number of nitrogens with zero attached hydrogens (tertiary/aromatic N) is 2. The molecule has 5 heteroatoms. The van der Waals surface area contributed by atoms with E-state index in [0.29, 0.717) is 11.7 Å². The molecule has 0 spiro atoms. The van der Waals surface area contributed by atoms with Crippen LogP contribution >= 0.6 is 0 Å². The van der Waals surface area contributed by atoms with Gasteiger partial charge in [0.2, 0.25) is 5.89 Å². The maximum atomic E-state index is 5.53. The fourth-order valence-corrected chi connectivity index (χ4v) is 0.703. The van der Waals surface area contributed by atoms with Crippen LogP contribution in [0.3, 0.4) is 0 Å². The number of hydrogen-bond acceptors (Lipinski definition) is 5. The molecule has 0 unspecified atom stereocenters. The summed E-state index contributed by atoms with van der Waals surface area (Å²) in [7, 11) is 1.59. The molecule has 2 atom stereocenters. The van der Waals surface area contributed by atoms with Crippen LogP contribution in [0.25, 0.3) is 0 Å². The Morgan fingerprint density at radius 1 is 1.50 bits per heavy atom. The van der Waals surface area contributed by atoms with Gasteiger partial charge in [-0.2, -0.15) is 4.98 Å². The third kappa shape index (κ3) is 1.80. The molecule has 0 saturated heterocycles. The molecule has 1 aromatic rings. The molecule has 0 saturated carbocycles. The Morgan fingerprint density at radius 2 is 2.17 bits per heavy atom. The zero-order chi connectivity index (χ0) is 9.14. The van der Waals surface area contributed by atoms with E-state index in [-0.39, 0.29) is 12.1 Å². The van der Waals surface area contributed by atoms with Gasteiger partial charge in [0, 0.05) is 7.11 Å². The minimum Gasteiger partial charge on any atom is -0.374 e. The first-order valence-electron chi connectivity index (χ1n) is 3.77. The molecule has 0 amide bonds. The monoisotopic (exact) mass is 171 g/mol. The van der Waals surface area contributed by atoms with Crippen molar-refractivity contribution >= 4 is 0 Å². The number of nitrogens with two attached hydrogens (primary N) is 1. The van der Waals surface area contributed by atoms with E-state index in [1.807, 2.05) is 6.92 Å². The van der Waals surface area contributed by atoms with Crippen LogP contribution in [-0.2, 0) is 4.74 Å². The van der Waals surface area contributed by atoms with Crippen molar-refractivity contribution in [1.82, 2.24) is 10.1 Å². The van der Waals surface area contributed by atoms with Crippen LogP contribution in [-0.4, -0.2) is 17.3 Å². The highest BCUT2D eigenvalue weighted by molar-refractivity contribution is 4.92. The van der Waals surface area contributed by atoms with Crippen molar-refractivity contribution in [3.8, 4) is 0 Å². The molecule has 1 heterocycles. The van der Waals surface area contributed by atoms with Crippen molar-refractivity contribution in [3.63, 3.8) is 0 Å². The summed E-state index contributed by atoms with van der Waals surface area (Å²) in [5.41, 5.74) is 5.53. The van der Waals surface area contributed by atoms with E-state index in [1.165, 1.54) is 0 Å². The van der Waals surface area contributed by atoms with Gasteiger partial charge < -0.3 is 15.0 Å². The number of rotatable bonds is 3. The van der Waals surface area contributed by atoms with Gasteiger partial charge in [-0.1, -0.05) is 5.16 Å². The van der Waals surface area contributed by atoms with Crippen LogP contribution in [0.2, 0.25) is 0 Å². The van der Waals surface area contributed by atoms with Gasteiger partial charge in [-0.25, -0.2) is 0 Å². The van der Waals surface area contributed by atoms with Crippen LogP contribution in [0.4, 0.5) is 0 Å². The average molecular weight is 171 g/mol. The summed E-state index contributed by atoms with van der Waals surface area (Å²) >= 11 is 0. The Morgan fingerprint density at radius 3 is 2.58 bits per heavy atom. The molecule has 12 heavy (non-hydrogen) atoms. The quantitative estimate of drug-likeness (QED) is 0.728. The Labute approximate surface area is 70.9 Å². The normalized spacial score (nSPS) is 16.0. The third-order valence-corrected chi connectivity index (χ3v) is 1.56. The van der Waals surface area contributed by atoms with Crippen molar-refractivity contribution < 1.29 is 9.26 Å². The van der Waals surface area contributed by atoms with E-state index in [4.69, 9.17) is 15.0 Å². The molecule has 0 radical (unpaired) electrons. The summed E-state index contributed by atoms with van der Waals surface area (Å²) in [5.74, 6) is 0.971. The molecule has 0 fully saturated rings. The molecule has 2 N–H and O–H groups in total. The van der Waals surface area contributed by atoms with Crippen molar-refractivity contribution in [3.05, 3.63) is 11.7 Å². The summed E-state index contributed by atoms with van der Waals surface area (Å²) in [6.07, 6.45) is -0.152. The zero-order valence-electron chi connectivity index (χ0n) is 7.44. The van der Waals surface area contributed by atoms with E-state index in [2.05, 4.69) is 10.1 Å². The minimum absolute atomic E-state index is 0.152. The minimum atomic E-state index is -0.227. The standard InChI is InChI=1S/C7H13N3O2/c1-4(8)7-9-6(10-12-7)5(2)11-3/h4-5H,8H2,1-3H3/t4-,5-/m0/s1. The molecule has 0 aliphatic heterocycles. The fraction of sp³-hybridized carbons (Fsp3) is 0.714. The summed E-state index contributed by atoms with van der Waals surface area (Å²) in [4.78, 5) is 4.05. The SMILES string of the molecule is CO[C@@H](C)c1noc([C@H](C)N)n1. The highest BCUT2D eigenvalue weighted by atomic mass is 16.5. The fourth-order valence-electron chi connectivity index (χ4n) is 0.703. The second-order valence-electron chi connectivity index (χ2n) is 2.66. The van der Waals surface area contributed by atoms with Gasteiger partial charge in [-0.05, 0) is 13.8 Å². The molecular weight excluding hydrogens is 158 g/mol. The largest absolute Gasteiger partial charge is 0.374 e. The van der Waals surface area contributed by atoms with E-state index < -0.39 is 0 Å². The van der Waals surface area contributed by atoms with Gasteiger partial charge in [-0.3, -0.25) is 0 Å². The van der Waals surface area contributed by atoms with Crippen molar-refractivity contribution in [1.29, 1.82) is 0 Å². The number of ether oxygens (including phenoxy) is 1. The van der Waals surface area contributed by atoms with Gasteiger partial charge in [0.25, 0.3) is 0 Å². The van der Waals surface area contributed by atoms with E-state index in [0.717, 1.165) is 0 Å². The predicted molar refractivity (Wildman–Crippen MR) is 42.3 cm³/mol. The van der Waals surface area contributed by atoms with Gasteiger partial charge in [0.1, 0.15) is 6.10 Å². The second kappa shape index (κ2) is 3.64. The lowest BCUT2D eigenvalue weighted by atomic mass is 10.3. The summed E-state index contributed by atoms with van der Waals surface area (Å²) in [6, 6.07) is -0.227. The molecule has 0 aromatic carbocycles. The average Bonchev–Trinajstić information content (AvgIpc) is 2.51. The Hall–Kier alpha value is -0.940. The van der Waals surface area contributed by atoms with E-state index >= 15 is 0 Å². The van der Waals surface area contributed by atoms with Gasteiger partial charge >= 0.3 is 0 Å². The highest BCUT2D eigenvalue weighted by Crippen LogP contribution is 2.13. The molecule has 0 aliphatic rings. The van der Waals surface area contributed by atoms with Crippen molar-refractivity contribution in [2.45, 2.75) is 26.0 Å². The first kappa shape index (κ1) is 9.15. The topological polar surface area (TPSA) is 74.2 Å². The Kier molecular flexibility index (Phi) is 2.78. The maximum Gasteiger partial charge on any atom is 0.243 e. The van der Waals surface area contributed by atoms with Gasteiger partial charge in [0.15, 0.2) is 5.82 Å². The Balaban J connectivity index is 2.77. The van der Waals surface area contributed by atoms with E-state index in [1.54, 1.807) is 14.0 Å². The van der Waals surface area contributed by atoms with E-state index in [9.17, 15) is 0 Å². The Bertz CT molecular complexity index is 247. The predicted octanol–water partition coefficient (Wildman–Crippen LogP) is 0.797. The second-order valence-corrected chi connectivity index (χ2v) is 2.66. The van der Waals surface area contributed by atoms with Crippen LogP contribution in [0.15, 0.2) is 4.52 Å². The molecule has 1 rings (SSSR count). The van der Waals surface area contributed by atoms with Crippen molar-refractivity contribution in [2.75, 3.05) is 7.11 Å².